The lowest BCUT2D eigenvalue weighted by Gasteiger charge is -2.21. The van der Waals surface area contributed by atoms with Gasteiger partial charge in [-0.3, -0.25) is 0 Å². The second-order valence-electron chi connectivity index (χ2n) is 5.08. The zero-order valence-electron chi connectivity index (χ0n) is 11.3. The van der Waals surface area contributed by atoms with Crippen LogP contribution in [0.15, 0.2) is 40.6 Å². The van der Waals surface area contributed by atoms with Crippen molar-refractivity contribution < 1.29 is 13.5 Å². The van der Waals surface area contributed by atoms with Crippen LogP contribution in [-0.2, 0) is 16.6 Å². The zero-order chi connectivity index (χ0) is 15.0. The highest BCUT2D eigenvalue weighted by Crippen LogP contribution is 2.35. The first-order valence-electron chi connectivity index (χ1n) is 6.61. The van der Waals surface area contributed by atoms with Crippen LogP contribution >= 0.6 is 11.3 Å². The Bertz CT molecular complexity index is 738. The number of thiophene rings is 1. The summed E-state index contributed by atoms with van der Waals surface area (Å²) in [6.45, 7) is 0.380. The van der Waals surface area contributed by atoms with Crippen LogP contribution in [0.2, 0.25) is 0 Å². The highest BCUT2D eigenvalue weighted by Gasteiger charge is 2.38. The Balaban J connectivity index is 1.95. The molecule has 0 atom stereocenters. The summed E-state index contributed by atoms with van der Waals surface area (Å²) in [7, 11) is -3.60. The Labute approximate surface area is 127 Å². The maximum atomic E-state index is 12.8. The van der Waals surface area contributed by atoms with Gasteiger partial charge >= 0.3 is 0 Å². The molecule has 0 bridgehead atoms. The average Bonchev–Trinajstić information content (AvgIpc) is 3.15. The van der Waals surface area contributed by atoms with Crippen LogP contribution in [0.4, 0.5) is 5.69 Å². The van der Waals surface area contributed by atoms with Crippen molar-refractivity contribution in [2.75, 3.05) is 5.73 Å². The number of phenolic OH excluding ortho intramolecular Hbond substituents is 1. The van der Waals surface area contributed by atoms with Crippen LogP contribution < -0.4 is 5.73 Å². The zero-order valence-corrected chi connectivity index (χ0v) is 12.9. The van der Waals surface area contributed by atoms with E-state index < -0.39 is 10.0 Å². The van der Waals surface area contributed by atoms with Gasteiger partial charge in [0.2, 0.25) is 10.0 Å². The number of phenols is 1. The Kier molecular flexibility index (Phi) is 3.64. The van der Waals surface area contributed by atoms with E-state index in [4.69, 9.17) is 5.73 Å². The van der Waals surface area contributed by atoms with E-state index in [2.05, 4.69) is 0 Å². The number of anilines is 1. The van der Waals surface area contributed by atoms with Crippen molar-refractivity contribution in [1.82, 2.24) is 4.31 Å². The number of sulfonamides is 1. The second-order valence-corrected chi connectivity index (χ2v) is 8.00. The fourth-order valence-electron chi connectivity index (χ4n) is 2.16. The Morgan fingerprint density at radius 2 is 2.10 bits per heavy atom. The van der Waals surface area contributed by atoms with Crippen molar-refractivity contribution in [3.05, 3.63) is 40.6 Å². The maximum absolute atomic E-state index is 12.8. The highest BCUT2D eigenvalue weighted by atomic mass is 32.2. The first kappa shape index (κ1) is 14.4. The third kappa shape index (κ3) is 2.90. The smallest absolute Gasteiger partial charge is 0.243 e. The number of hydrogen-bond acceptors (Lipinski definition) is 5. The number of rotatable bonds is 5. The van der Waals surface area contributed by atoms with Gasteiger partial charge in [0.15, 0.2) is 0 Å². The van der Waals surface area contributed by atoms with Gasteiger partial charge in [-0.1, -0.05) is 6.07 Å². The van der Waals surface area contributed by atoms with E-state index in [-0.39, 0.29) is 22.4 Å². The summed E-state index contributed by atoms with van der Waals surface area (Å²) >= 11 is 1.54. The summed E-state index contributed by atoms with van der Waals surface area (Å²) in [6.07, 6.45) is 1.77. The van der Waals surface area contributed by atoms with Crippen molar-refractivity contribution in [2.24, 2.45) is 0 Å². The van der Waals surface area contributed by atoms with Crippen LogP contribution in [0.5, 0.6) is 5.75 Å². The SMILES string of the molecule is Nc1cc(S(=O)(=O)N(Cc2cccs2)C2CC2)ccc1O. The van der Waals surface area contributed by atoms with Gasteiger partial charge in [0.25, 0.3) is 0 Å². The van der Waals surface area contributed by atoms with Gasteiger partial charge in [-0.2, -0.15) is 4.31 Å². The Hall–Kier alpha value is -1.57. The van der Waals surface area contributed by atoms with Crippen molar-refractivity contribution in [1.29, 1.82) is 0 Å². The molecule has 1 aliphatic rings. The molecule has 0 spiro atoms. The standard InChI is InChI=1S/C14H16N2O3S2/c15-13-8-12(5-6-14(13)17)21(18,19)16(10-3-4-10)9-11-2-1-7-20-11/h1-2,5-8,10,17H,3-4,9,15H2. The summed E-state index contributed by atoms with van der Waals surface area (Å²) in [5, 5.41) is 11.4. The third-order valence-corrected chi connectivity index (χ3v) is 6.21. The molecule has 112 valence electrons. The minimum absolute atomic E-state index is 0.0622. The van der Waals surface area contributed by atoms with Gasteiger partial charge in [-0.05, 0) is 42.5 Å². The fraction of sp³-hybridized carbons (Fsp3) is 0.286. The molecule has 5 nitrogen and oxygen atoms in total. The minimum Gasteiger partial charge on any atom is -0.506 e. The van der Waals surface area contributed by atoms with Gasteiger partial charge in [0.05, 0.1) is 10.6 Å². The van der Waals surface area contributed by atoms with E-state index in [0.29, 0.717) is 6.54 Å². The highest BCUT2D eigenvalue weighted by molar-refractivity contribution is 7.89. The predicted molar refractivity (Wildman–Crippen MR) is 82.6 cm³/mol. The van der Waals surface area contributed by atoms with Crippen molar-refractivity contribution in [3.8, 4) is 5.75 Å². The van der Waals surface area contributed by atoms with E-state index in [1.165, 1.54) is 22.5 Å². The molecule has 0 unspecified atom stereocenters. The summed E-state index contributed by atoms with van der Waals surface area (Å²) in [5.74, 6) is -0.106. The summed E-state index contributed by atoms with van der Waals surface area (Å²) in [5.41, 5.74) is 5.69. The molecular weight excluding hydrogens is 308 g/mol. The molecule has 1 heterocycles. The number of hydrogen-bond donors (Lipinski definition) is 2. The third-order valence-electron chi connectivity index (χ3n) is 3.45. The lowest BCUT2D eigenvalue weighted by atomic mass is 10.3. The fourth-order valence-corrected chi connectivity index (χ4v) is 4.64. The number of nitrogens with two attached hydrogens (primary N) is 1. The van der Waals surface area contributed by atoms with E-state index in [9.17, 15) is 13.5 Å². The van der Waals surface area contributed by atoms with E-state index in [1.807, 2.05) is 17.5 Å². The van der Waals surface area contributed by atoms with Crippen molar-refractivity contribution in [3.63, 3.8) is 0 Å². The molecule has 7 heteroatoms. The molecule has 1 saturated carbocycles. The van der Waals surface area contributed by atoms with E-state index >= 15 is 0 Å². The van der Waals surface area contributed by atoms with E-state index in [1.54, 1.807) is 11.3 Å². The average molecular weight is 324 g/mol. The molecular formula is C14H16N2O3S2. The molecule has 0 radical (unpaired) electrons. The molecule has 1 fully saturated rings. The van der Waals surface area contributed by atoms with Crippen LogP contribution in [0.3, 0.4) is 0 Å². The molecule has 2 aromatic rings. The molecule has 1 aromatic heterocycles. The molecule has 1 aliphatic carbocycles. The molecule has 0 amide bonds. The molecule has 3 N–H and O–H groups in total. The number of aromatic hydroxyl groups is 1. The van der Waals surface area contributed by atoms with Gasteiger partial charge in [-0.15, -0.1) is 11.3 Å². The minimum atomic E-state index is -3.60. The second kappa shape index (κ2) is 5.32. The van der Waals surface area contributed by atoms with Crippen molar-refractivity contribution >= 4 is 27.0 Å². The van der Waals surface area contributed by atoms with Gasteiger partial charge in [-0.25, -0.2) is 8.42 Å². The van der Waals surface area contributed by atoms with Gasteiger partial charge in [0, 0.05) is 17.5 Å². The molecule has 3 rings (SSSR count). The maximum Gasteiger partial charge on any atom is 0.243 e. The molecule has 1 aromatic carbocycles. The van der Waals surface area contributed by atoms with Crippen LogP contribution in [0.1, 0.15) is 17.7 Å². The largest absolute Gasteiger partial charge is 0.506 e. The molecule has 0 aliphatic heterocycles. The van der Waals surface area contributed by atoms with Crippen LogP contribution in [-0.4, -0.2) is 23.9 Å². The predicted octanol–water partition coefficient (Wildman–Crippen LogP) is 2.39. The Morgan fingerprint density at radius 1 is 1.33 bits per heavy atom. The number of benzene rings is 1. The lowest BCUT2D eigenvalue weighted by molar-refractivity contribution is 0.401. The van der Waals surface area contributed by atoms with Crippen LogP contribution in [0, 0.1) is 0 Å². The summed E-state index contributed by atoms with van der Waals surface area (Å²) in [6, 6.07) is 7.93. The molecule has 0 saturated heterocycles. The monoisotopic (exact) mass is 324 g/mol. The van der Waals surface area contributed by atoms with Gasteiger partial charge in [0.1, 0.15) is 5.75 Å². The first-order chi connectivity index (χ1) is 9.98. The quantitative estimate of drug-likeness (QED) is 0.653. The normalized spacial score (nSPS) is 15.5. The lowest BCUT2D eigenvalue weighted by Crippen LogP contribution is -2.32. The first-order valence-corrected chi connectivity index (χ1v) is 8.93. The topological polar surface area (TPSA) is 83.6 Å². The van der Waals surface area contributed by atoms with E-state index in [0.717, 1.165) is 17.7 Å². The van der Waals surface area contributed by atoms with Crippen molar-refractivity contribution in [2.45, 2.75) is 30.3 Å². The van der Waals surface area contributed by atoms with Crippen LogP contribution in [0.25, 0.3) is 0 Å². The Morgan fingerprint density at radius 3 is 2.67 bits per heavy atom. The van der Waals surface area contributed by atoms with Gasteiger partial charge < -0.3 is 10.8 Å². The summed E-state index contributed by atoms with van der Waals surface area (Å²) in [4.78, 5) is 1.14. The molecule has 21 heavy (non-hydrogen) atoms. The summed E-state index contributed by atoms with van der Waals surface area (Å²) < 4.78 is 27.1. The number of nitrogens with zero attached hydrogens (tertiary/aromatic N) is 1. The number of nitrogen functional groups attached to an aromatic ring is 1.